The molecule has 0 radical (unpaired) electrons. The molecule has 2 heteroatoms. The summed E-state index contributed by atoms with van der Waals surface area (Å²) in [5, 5.41) is 1.27. The number of fused-ring (bicyclic) bond motifs is 1. The maximum atomic E-state index is 5.87. The Hall–Kier alpha value is -2.22. The van der Waals surface area contributed by atoms with Gasteiger partial charge in [0, 0.05) is 22.7 Å². The summed E-state index contributed by atoms with van der Waals surface area (Å²) < 4.78 is 5.87. The molecule has 1 aromatic heterocycles. The van der Waals surface area contributed by atoms with E-state index in [1.165, 1.54) is 27.6 Å². The second kappa shape index (κ2) is 4.81. The summed E-state index contributed by atoms with van der Waals surface area (Å²) in [6.45, 7) is 4.79. The predicted molar refractivity (Wildman–Crippen MR) is 78.5 cm³/mol. The number of aromatic nitrogens is 1. The van der Waals surface area contributed by atoms with E-state index in [1.54, 1.807) is 0 Å². The Labute approximate surface area is 113 Å². The van der Waals surface area contributed by atoms with Crippen molar-refractivity contribution in [3.63, 3.8) is 0 Å². The highest BCUT2D eigenvalue weighted by molar-refractivity contribution is 5.86. The maximum Gasteiger partial charge on any atom is 0.120 e. The molecule has 0 aliphatic rings. The van der Waals surface area contributed by atoms with Gasteiger partial charge in [0.2, 0.25) is 0 Å². The smallest absolute Gasteiger partial charge is 0.120 e. The highest BCUT2D eigenvalue weighted by Crippen LogP contribution is 2.23. The molecule has 2 aromatic carbocycles. The molecule has 0 unspecified atom stereocenters. The fraction of sp³-hybridized carbons (Fsp3) is 0.176. The summed E-state index contributed by atoms with van der Waals surface area (Å²) in [7, 11) is 0. The predicted octanol–water partition coefficient (Wildman–Crippen LogP) is 4.36. The SMILES string of the molecule is Cc1cccc(OCc2c[nH]c3cccc(C)c23)c1. The molecular weight excluding hydrogens is 234 g/mol. The van der Waals surface area contributed by atoms with Crippen LogP contribution in [0.15, 0.2) is 48.7 Å². The molecule has 0 aliphatic heterocycles. The minimum Gasteiger partial charge on any atom is -0.489 e. The molecule has 3 aromatic rings. The molecule has 0 aliphatic carbocycles. The number of aryl methyl sites for hydroxylation is 2. The molecule has 0 atom stereocenters. The fourth-order valence-corrected chi connectivity index (χ4v) is 2.43. The third-order valence-corrected chi connectivity index (χ3v) is 3.38. The second-order valence-corrected chi connectivity index (χ2v) is 4.92. The van der Waals surface area contributed by atoms with E-state index in [9.17, 15) is 0 Å². The third kappa shape index (κ3) is 2.34. The Bertz CT molecular complexity index is 712. The molecular formula is C17H17NO. The summed E-state index contributed by atoms with van der Waals surface area (Å²) in [6.07, 6.45) is 2.04. The zero-order chi connectivity index (χ0) is 13.2. The van der Waals surface area contributed by atoms with Gasteiger partial charge in [-0.2, -0.15) is 0 Å². The number of rotatable bonds is 3. The van der Waals surface area contributed by atoms with Gasteiger partial charge < -0.3 is 9.72 Å². The topological polar surface area (TPSA) is 25.0 Å². The van der Waals surface area contributed by atoms with E-state index >= 15 is 0 Å². The van der Waals surface area contributed by atoms with E-state index in [2.05, 4.69) is 49.2 Å². The van der Waals surface area contributed by atoms with E-state index in [4.69, 9.17) is 4.74 Å². The molecule has 3 rings (SSSR count). The first-order valence-electron chi connectivity index (χ1n) is 6.49. The van der Waals surface area contributed by atoms with Crippen LogP contribution in [0.5, 0.6) is 5.75 Å². The normalized spacial score (nSPS) is 10.8. The first kappa shape index (κ1) is 11.8. The van der Waals surface area contributed by atoms with Gasteiger partial charge in [-0.3, -0.25) is 0 Å². The van der Waals surface area contributed by atoms with Gasteiger partial charge in [-0.15, -0.1) is 0 Å². The lowest BCUT2D eigenvalue weighted by Crippen LogP contribution is -1.95. The maximum absolute atomic E-state index is 5.87. The van der Waals surface area contributed by atoms with Crippen molar-refractivity contribution in [2.75, 3.05) is 0 Å². The van der Waals surface area contributed by atoms with Crippen LogP contribution in [0.2, 0.25) is 0 Å². The van der Waals surface area contributed by atoms with Gasteiger partial charge in [0.1, 0.15) is 12.4 Å². The van der Waals surface area contributed by atoms with Gasteiger partial charge in [0.25, 0.3) is 0 Å². The molecule has 1 N–H and O–H groups in total. The van der Waals surface area contributed by atoms with E-state index in [1.807, 2.05) is 18.3 Å². The van der Waals surface area contributed by atoms with Crippen LogP contribution in [0, 0.1) is 13.8 Å². The molecule has 0 saturated carbocycles. The summed E-state index contributed by atoms with van der Waals surface area (Å²) in [5.41, 5.74) is 4.87. The summed E-state index contributed by atoms with van der Waals surface area (Å²) in [4.78, 5) is 3.30. The number of ether oxygens (including phenoxy) is 1. The Morgan fingerprint density at radius 2 is 1.89 bits per heavy atom. The lowest BCUT2D eigenvalue weighted by molar-refractivity contribution is 0.307. The lowest BCUT2D eigenvalue weighted by Gasteiger charge is -2.07. The van der Waals surface area contributed by atoms with Crippen LogP contribution in [0.25, 0.3) is 10.9 Å². The molecule has 0 bridgehead atoms. The minimum atomic E-state index is 0.592. The lowest BCUT2D eigenvalue weighted by atomic mass is 10.1. The standard InChI is InChI=1S/C17H17NO/c1-12-5-3-7-15(9-12)19-11-14-10-18-16-8-4-6-13(2)17(14)16/h3-10,18H,11H2,1-2H3. The van der Waals surface area contributed by atoms with E-state index in [0.717, 1.165) is 5.75 Å². The Kier molecular flexibility index (Phi) is 3.00. The minimum absolute atomic E-state index is 0.592. The number of benzene rings is 2. The Morgan fingerprint density at radius 1 is 1.05 bits per heavy atom. The third-order valence-electron chi connectivity index (χ3n) is 3.38. The number of hydrogen-bond acceptors (Lipinski definition) is 1. The van der Waals surface area contributed by atoms with E-state index in [-0.39, 0.29) is 0 Å². The molecule has 0 amide bonds. The van der Waals surface area contributed by atoms with Crippen LogP contribution in [0.1, 0.15) is 16.7 Å². The molecule has 19 heavy (non-hydrogen) atoms. The summed E-state index contributed by atoms with van der Waals surface area (Å²) in [5.74, 6) is 0.919. The average Bonchev–Trinajstić information content (AvgIpc) is 2.81. The first-order chi connectivity index (χ1) is 9.24. The van der Waals surface area contributed by atoms with Crippen molar-refractivity contribution >= 4 is 10.9 Å². The summed E-state index contributed by atoms with van der Waals surface area (Å²) in [6, 6.07) is 14.4. The second-order valence-electron chi connectivity index (χ2n) is 4.92. The van der Waals surface area contributed by atoms with Crippen LogP contribution in [0.3, 0.4) is 0 Å². The van der Waals surface area contributed by atoms with Crippen LogP contribution in [0.4, 0.5) is 0 Å². The van der Waals surface area contributed by atoms with Crippen molar-refractivity contribution in [2.45, 2.75) is 20.5 Å². The van der Waals surface area contributed by atoms with Crippen molar-refractivity contribution < 1.29 is 4.74 Å². The number of aromatic amines is 1. The van der Waals surface area contributed by atoms with Crippen molar-refractivity contribution in [2.24, 2.45) is 0 Å². The number of nitrogens with one attached hydrogen (secondary N) is 1. The van der Waals surface area contributed by atoms with Gasteiger partial charge in [-0.05, 0) is 43.2 Å². The highest BCUT2D eigenvalue weighted by atomic mass is 16.5. The van der Waals surface area contributed by atoms with Gasteiger partial charge in [-0.25, -0.2) is 0 Å². The fourth-order valence-electron chi connectivity index (χ4n) is 2.43. The average molecular weight is 251 g/mol. The zero-order valence-electron chi connectivity index (χ0n) is 11.2. The van der Waals surface area contributed by atoms with E-state index in [0.29, 0.717) is 6.61 Å². The largest absolute Gasteiger partial charge is 0.489 e. The molecule has 96 valence electrons. The molecule has 0 saturated heterocycles. The molecule has 0 spiro atoms. The number of H-pyrrole nitrogens is 1. The molecule has 1 heterocycles. The number of hydrogen-bond donors (Lipinski definition) is 1. The van der Waals surface area contributed by atoms with Crippen LogP contribution < -0.4 is 4.74 Å². The Balaban J connectivity index is 1.86. The van der Waals surface area contributed by atoms with Crippen molar-refractivity contribution in [1.82, 2.24) is 4.98 Å². The monoisotopic (exact) mass is 251 g/mol. The summed E-state index contributed by atoms with van der Waals surface area (Å²) >= 11 is 0. The van der Waals surface area contributed by atoms with Crippen LogP contribution in [-0.2, 0) is 6.61 Å². The van der Waals surface area contributed by atoms with Gasteiger partial charge in [0.05, 0.1) is 0 Å². The van der Waals surface area contributed by atoms with E-state index < -0.39 is 0 Å². The van der Waals surface area contributed by atoms with Crippen molar-refractivity contribution in [3.05, 3.63) is 65.4 Å². The van der Waals surface area contributed by atoms with Gasteiger partial charge >= 0.3 is 0 Å². The Morgan fingerprint density at radius 3 is 2.74 bits per heavy atom. The van der Waals surface area contributed by atoms with Gasteiger partial charge in [-0.1, -0.05) is 24.3 Å². The van der Waals surface area contributed by atoms with Crippen molar-refractivity contribution in [3.8, 4) is 5.75 Å². The first-order valence-corrected chi connectivity index (χ1v) is 6.49. The van der Waals surface area contributed by atoms with Gasteiger partial charge in [0.15, 0.2) is 0 Å². The van der Waals surface area contributed by atoms with Crippen LogP contribution >= 0.6 is 0 Å². The van der Waals surface area contributed by atoms with Crippen LogP contribution in [-0.4, -0.2) is 4.98 Å². The molecule has 2 nitrogen and oxygen atoms in total. The zero-order valence-corrected chi connectivity index (χ0v) is 11.2. The highest BCUT2D eigenvalue weighted by Gasteiger charge is 2.06. The van der Waals surface area contributed by atoms with Crippen molar-refractivity contribution in [1.29, 1.82) is 0 Å². The quantitative estimate of drug-likeness (QED) is 0.735. The molecule has 0 fully saturated rings.